The summed E-state index contributed by atoms with van der Waals surface area (Å²) in [6.07, 6.45) is 0. The molecule has 1 aromatic rings. The van der Waals surface area contributed by atoms with Gasteiger partial charge in [-0.05, 0) is 34.1 Å². The van der Waals surface area contributed by atoms with Crippen molar-refractivity contribution in [3.05, 3.63) is 27.7 Å². The number of hydrogen-bond acceptors (Lipinski definition) is 4. The second kappa shape index (κ2) is 7.20. The van der Waals surface area contributed by atoms with Crippen LogP contribution < -0.4 is 10.0 Å². The molecule has 0 aliphatic carbocycles. The SMILES string of the molecule is O=S(=O)(NCCN1CCNCC1)c1ccc(Cl)c(Br)c1. The summed E-state index contributed by atoms with van der Waals surface area (Å²) in [5, 5.41) is 3.75. The number of hydrogen-bond donors (Lipinski definition) is 2. The van der Waals surface area contributed by atoms with Crippen molar-refractivity contribution in [1.29, 1.82) is 0 Å². The maximum Gasteiger partial charge on any atom is 0.240 e. The quantitative estimate of drug-likeness (QED) is 0.805. The fraction of sp³-hybridized carbons (Fsp3) is 0.500. The van der Waals surface area contributed by atoms with Crippen molar-refractivity contribution >= 4 is 37.6 Å². The van der Waals surface area contributed by atoms with Crippen LogP contribution in [-0.4, -0.2) is 52.6 Å². The van der Waals surface area contributed by atoms with Crippen molar-refractivity contribution in [1.82, 2.24) is 14.9 Å². The average molecular weight is 383 g/mol. The molecule has 20 heavy (non-hydrogen) atoms. The molecule has 2 rings (SSSR count). The van der Waals surface area contributed by atoms with E-state index in [0.29, 0.717) is 16.0 Å². The lowest BCUT2D eigenvalue weighted by atomic mass is 10.3. The molecule has 1 fully saturated rings. The Bertz CT molecular complexity index is 562. The van der Waals surface area contributed by atoms with Gasteiger partial charge in [0.2, 0.25) is 10.0 Å². The third kappa shape index (κ3) is 4.41. The first-order chi connectivity index (χ1) is 9.49. The monoisotopic (exact) mass is 381 g/mol. The fourth-order valence-corrected chi connectivity index (χ4v) is 3.69. The number of nitrogens with one attached hydrogen (secondary N) is 2. The standard InChI is InChI=1S/C12H17BrClN3O2S/c13-11-9-10(1-2-12(11)14)20(18,19)16-5-8-17-6-3-15-4-7-17/h1-2,9,15-16H,3-8H2. The maximum absolute atomic E-state index is 12.1. The van der Waals surface area contributed by atoms with E-state index < -0.39 is 10.0 Å². The molecule has 0 spiro atoms. The van der Waals surface area contributed by atoms with E-state index in [0.717, 1.165) is 32.7 Å². The molecule has 1 aliphatic rings. The van der Waals surface area contributed by atoms with E-state index in [1.54, 1.807) is 6.07 Å². The smallest absolute Gasteiger partial charge is 0.240 e. The summed E-state index contributed by atoms with van der Waals surface area (Å²) in [7, 11) is -3.48. The van der Waals surface area contributed by atoms with Gasteiger partial charge in [0, 0.05) is 43.7 Å². The Morgan fingerprint density at radius 1 is 1.35 bits per heavy atom. The first kappa shape index (κ1) is 16.2. The number of rotatable bonds is 5. The number of halogens is 2. The fourth-order valence-electron chi connectivity index (χ4n) is 2.00. The Balaban J connectivity index is 1.91. The molecule has 1 saturated heterocycles. The van der Waals surface area contributed by atoms with E-state index in [-0.39, 0.29) is 4.90 Å². The predicted octanol–water partition coefficient (Wildman–Crippen LogP) is 1.29. The molecule has 0 atom stereocenters. The van der Waals surface area contributed by atoms with Crippen LogP contribution in [0, 0.1) is 0 Å². The predicted molar refractivity (Wildman–Crippen MR) is 83.7 cm³/mol. The first-order valence-electron chi connectivity index (χ1n) is 6.37. The zero-order chi connectivity index (χ0) is 14.6. The Hall–Kier alpha value is -0.180. The number of piperazine rings is 1. The van der Waals surface area contributed by atoms with Crippen LogP contribution in [0.5, 0.6) is 0 Å². The van der Waals surface area contributed by atoms with Crippen molar-refractivity contribution in [2.45, 2.75) is 4.90 Å². The molecule has 0 saturated carbocycles. The topological polar surface area (TPSA) is 61.4 Å². The summed E-state index contributed by atoms with van der Waals surface area (Å²) in [5.74, 6) is 0. The Kier molecular flexibility index (Phi) is 5.83. The Morgan fingerprint density at radius 3 is 2.70 bits per heavy atom. The highest BCUT2D eigenvalue weighted by Crippen LogP contribution is 2.25. The summed E-state index contributed by atoms with van der Waals surface area (Å²) in [4.78, 5) is 2.45. The van der Waals surface area contributed by atoms with Crippen LogP contribution in [0.3, 0.4) is 0 Å². The van der Waals surface area contributed by atoms with Crippen LogP contribution >= 0.6 is 27.5 Å². The average Bonchev–Trinajstić information content (AvgIpc) is 2.43. The Morgan fingerprint density at radius 2 is 2.05 bits per heavy atom. The van der Waals surface area contributed by atoms with Gasteiger partial charge in [-0.15, -0.1) is 0 Å². The Labute approximate surface area is 132 Å². The van der Waals surface area contributed by atoms with Crippen molar-refractivity contribution < 1.29 is 8.42 Å². The molecule has 1 aliphatic heterocycles. The van der Waals surface area contributed by atoms with Crippen LogP contribution in [-0.2, 0) is 10.0 Å². The van der Waals surface area contributed by atoms with Gasteiger partial charge in [0.05, 0.1) is 9.92 Å². The van der Waals surface area contributed by atoms with Crippen molar-refractivity contribution in [3.63, 3.8) is 0 Å². The van der Waals surface area contributed by atoms with Crippen LogP contribution in [0.1, 0.15) is 0 Å². The molecule has 1 heterocycles. The number of sulfonamides is 1. The minimum atomic E-state index is -3.48. The molecular weight excluding hydrogens is 366 g/mol. The molecular formula is C12H17BrClN3O2S. The van der Waals surface area contributed by atoms with Gasteiger partial charge in [-0.25, -0.2) is 13.1 Å². The van der Waals surface area contributed by atoms with Crippen LogP contribution in [0.2, 0.25) is 5.02 Å². The third-order valence-corrected chi connectivity index (χ3v) is 5.80. The first-order valence-corrected chi connectivity index (χ1v) is 9.02. The van der Waals surface area contributed by atoms with E-state index >= 15 is 0 Å². The molecule has 0 aromatic heterocycles. The molecule has 1 aromatic carbocycles. The highest BCUT2D eigenvalue weighted by Gasteiger charge is 2.16. The molecule has 0 amide bonds. The van der Waals surface area contributed by atoms with Gasteiger partial charge >= 0.3 is 0 Å². The zero-order valence-electron chi connectivity index (χ0n) is 10.9. The van der Waals surface area contributed by atoms with Gasteiger partial charge in [-0.1, -0.05) is 11.6 Å². The molecule has 8 heteroatoms. The molecule has 112 valence electrons. The molecule has 0 unspecified atom stereocenters. The molecule has 0 radical (unpaired) electrons. The van der Waals surface area contributed by atoms with Gasteiger partial charge in [0.15, 0.2) is 0 Å². The van der Waals surface area contributed by atoms with E-state index in [1.165, 1.54) is 12.1 Å². The van der Waals surface area contributed by atoms with Crippen LogP contribution in [0.4, 0.5) is 0 Å². The highest BCUT2D eigenvalue weighted by atomic mass is 79.9. The lowest BCUT2D eigenvalue weighted by Gasteiger charge is -2.27. The summed E-state index contributed by atoms with van der Waals surface area (Å²) in [5.41, 5.74) is 0. The van der Waals surface area contributed by atoms with Gasteiger partial charge in [-0.2, -0.15) is 0 Å². The van der Waals surface area contributed by atoms with Crippen LogP contribution in [0.25, 0.3) is 0 Å². The number of benzene rings is 1. The highest BCUT2D eigenvalue weighted by molar-refractivity contribution is 9.10. The van der Waals surface area contributed by atoms with Crippen molar-refractivity contribution in [3.8, 4) is 0 Å². The summed E-state index contributed by atoms with van der Waals surface area (Å²) >= 11 is 9.09. The van der Waals surface area contributed by atoms with E-state index in [9.17, 15) is 8.42 Å². The minimum Gasteiger partial charge on any atom is -0.314 e. The number of nitrogens with zero attached hydrogens (tertiary/aromatic N) is 1. The van der Waals surface area contributed by atoms with Crippen molar-refractivity contribution in [2.75, 3.05) is 39.3 Å². The zero-order valence-corrected chi connectivity index (χ0v) is 14.1. The minimum absolute atomic E-state index is 0.217. The van der Waals surface area contributed by atoms with Gasteiger partial charge in [0.25, 0.3) is 0 Å². The largest absolute Gasteiger partial charge is 0.314 e. The molecule has 0 bridgehead atoms. The maximum atomic E-state index is 12.1. The van der Waals surface area contributed by atoms with E-state index in [1.807, 2.05) is 0 Å². The lowest BCUT2D eigenvalue weighted by Crippen LogP contribution is -2.46. The van der Waals surface area contributed by atoms with Gasteiger partial charge < -0.3 is 5.32 Å². The van der Waals surface area contributed by atoms with Crippen LogP contribution in [0.15, 0.2) is 27.6 Å². The summed E-state index contributed by atoms with van der Waals surface area (Å²) in [6.45, 7) is 4.94. The lowest BCUT2D eigenvalue weighted by molar-refractivity contribution is 0.245. The summed E-state index contributed by atoms with van der Waals surface area (Å²) < 4.78 is 27.5. The normalized spacial score (nSPS) is 17.3. The van der Waals surface area contributed by atoms with Gasteiger partial charge in [-0.3, -0.25) is 4.90 Å². The van der Waals surface area contributed by atoms with E-state index in [4.69, 9.17) is 11.6 Å². The van der Waals surface area contributed by atoms with Crippen molar-refractivity contribution in [2.24, 2.45) is 0 Å². The van der Waals surface area contributed by atoms with Gasteiger partial charge in [0.1, 0.15) is 0 Å². The molecule has 2 N–H and O–H groups in total. The second-order valence-corrected chi connectivity index (χ2v) is 7.59. The van der Waals surface area contributed by atoms with E-state index in [2.05, 4.69) is 30.9 Å². The third-order valence-electron chi connectivity index (χ3n) is 3.13. The second-order valence-electron chi connectivity index (χ2n) is 4.57. The summed E-state index contributed by atoms with van der Waals surface area (Å²) in [6, 6.07) is 4.58. The molecule has 5 nitrogen and oxygen atoms in total.